The van der Waals surface area contributed by atoms with Crippen molar-refractivity contribution in [2.24, 2.45) is 5.92 Å². The first-order chi connectivity index (χ1) is 27.1. The second-order valence-corrected chi connectivity index (χ2v) is 15.9. The first-order valence-corrected chi connectivity index (χ1v) is 19.2. The van der Waals surface area contributed by atoms with Crippen molar-refractivity contribution >= 4 is 57.5 Å². The van der Waals surface area contributed by atoms with Crippen LogP contribution in [0.25, 0.3) is 16.6 Å². The number of amides is 5. The highest BCUT2D eigenvalue weighted by Gasteiger charge is 2.47. The summed E-state index contributed by atoms with van der Waals surface area (Å²) in [5, 5.41) is 15.5. The van der Waals surface area contributed by atoms with Crippen LogP contribution in [0.15, 0.2) is 61.2 Å². The number of rotatable bonds is 9. The molecule has 16 nitrogen and oxygen atoms in total. The maximum absolute atomic E-state index is 13.4. The van der Waals surface area contributed by atoms with Gasteiger partial charge in [0.25, 0.3) is 17.7 Å². The second kappa shape index (κ2) is 13.0. The van der Waals surface area contributed by atoms with Gasteiger partial charge >= 0.3 is 0 Å². The third-order valence-electron chi connectivity index (χ3n) is 12.0. The lowest BCUT2D eigenvalue weighted by Gasteiger charge is -2.56. The molecule has 4 aliphatic heterocycles. The number of carbonyl (C=O) groups excluding carboxylic acids is 5. The molecule has 286 valence electrons. The maximum Gasteiger partial charge on any atom is 0.262 e. The minimum Gasteiger partial charge on any atom is -0.491 e. The first-order valence-electron chi connectivity index (χ1n) is 19.2. The van der Waals surface area contributed by atoms with Gasteiger partial charge in [-0.1, -0.05) is 0 Å². The standard InChI is InChI=1S/C40H40N10O6/c1-40(21-46(22-40)26-5-6-27-28(16-26)39(55)50(38(27)54)32-7-8-34(51)44-37(32)53)47-13-9-25(10-14-47)49-19-24-15-31(33(17-30(24)45-49)56-20-23-3-4-23)43-36(52)29-18-42-48-12-2-11-41-35(29)48/h2,5-6,11-12,15-19,23,25,32H,3-4,7-10,13-14,20-22H2,1H3,(H,43,52)(H,44,51,53). The van der Waals surface area contributed by atoms with Crippen molar-refractivity contribution in [3.63, 3.8) is 0 Å². The summed E-state index contributed by atoms with van der Waals surface area (Å²) < 4.78 is 9.87. The van der Waals surface area contributed by atoms with Crippen LogP contribution in [-0.4, -0.2) is 108 Å². The van der Waals surface area contributed by atoms with Crippen molar-refractivity contribution in [1.29, 1.82) is 0 Å². The molecule has 1 atom stereocenters. The molecular weight excluding hydrogens is 717 g/mol. The number of anilines is 2. The number of nitrogens with zero attached hydrogens (tertiary/aromatic N) is 8. The number of fused-ring (bicyclic) bond motifs is 3. The van der Waals surface area contributed by atoms with Gasteiger partial charge in [0.05, 0.1) is 46.7 Å². The van der Waals surface area contributed by atoms with Crippen molar-refractivity contribution in [1.82, 2.24) is 39.5 Å². The number of imide groups is 2. The molecule has 10 rings (SSSR count). The van der Waals surface area contributed by atoms with Crippen molar-refractivity contribution in [3.8, 4) is 5.75 Å². The number of aromatic nitrogens is 5. The van der Waals surface area contributed by atoms with Gasteiger partial charge < -0.3 is 15.0 Å². The molecule has 56 heavy (non-hydrogen) atoms. The molecule has 1 aliphatic carbocycles. The van der Waals surface area contributed by atoms with E-state index >= 15 is 0 Å². The fourth-order valence-electron chi connectivity index (χ4n) is 8.63. The van der Waals surface area contributed by atoms with Gasteiger partial charge in [0.1, 0.15) is 17.4 Å². The normalized spacial score (nSPS) is 21.4. The van der Waals surface area contributed by atoms with E-state index in [2.05, 4.69) is 48.3 Å². The van der Waals surface area contributed by atoms with Crippen LogP contribution in [0.4, 0.5) is 11.4 Å². The predicted octanol–water partition coefficient (Wildman–Crippen LogP) is 3.44. The predicted molar refractivity (Wildman–Crippen MR) is 202 cm³/mol. The lowest BCUT2D eigenvalue weighted by Crippen LogP contribution is -2.69. The van der Waals surface area contributed by atoms with Crippen LogP contribution in [0.5, 0.6) is 5.75 Å². The molecule has 4 fully saturated rings. The molecule has 16 heteroatoms. The molecular formula is C40H40N10O6. The van der Waals surface area contributed by atoms with Gasteiger partial charge in [-0.2, -0.15) is 10.2 Å². The number of carbonyl (C=O) groups is 5. The number of nitrogens with one attached hydrogen (secondary N) is 2. The molecule has 5 amide bonds. The van der Waals surface area contributed by atoms with E-state index in [9.17, 15) is 24.0 Å². The molecule has 5 aromatic rings. The quantitative estimate of drug-likeness (QED) is 0.211. The molecule has 2 aromatic carbocycles. The Morgan fingerprint density at radius 3 is 2.59 bits per heavy atom. The number of piperidine rings is 2. The van der Waals surface area contributed by atoms with Crippen molar-refractivity contribution in [2.45, 2.75) is 63.1 Å². The Morgan fingerprint density at radius 1 is 1.00 bits per heavy atom. The SMILES string of the molecule is CC1(N2CCC(n3cc4cc(NC(=O)c5cnn6cccnc56)c(OCC5CC5)cc4n3)CC2)CN(c2ccc3c(c2)C(=O)N(C2CCC(=O)NC2=O)C3=O)C1. The summed E-state index contributed by atoms with van der Waals surface area (Å²) in [5.74, 6) is -1.20. The van der Waals surface area contributed by atoms with Crippen LogP contribution >= 0.6 is 0 Å². The lowest BCUT2D eigenvalue weighted by atomic mass is 9.86. The zero-order chi connectivity index (χ0) is 38.3. The number of benzene rings is 2. The minimum absolute atomic E-state index is 0.0606. The summed E-state index contributed by atoms with van der Waals surface area (Å²) in [6.45, 7) is 6.19. The van der Waals surface area contributed by atoms with Crippen LogP contribution in [0, 0.1) is 5.92 Å². The summed E-state index contributed by atoms with van der Waals surface area (Å²) in [6, 6.07) is 10.1. The van der Waals surface area contributed by atoms with Crippen LogP contribution in [-0.2, 0) is 9.59 Å². The zero-order valence-corrected chi connectivity index (χ0v) is 30.8. The van der Waals surface area contributed by atoms with Crippen LogP contribution < -0.4 is 20.3 Å². The number of ether oxygens (including phenoxy) is 1. The molecule has 1 saturated carbocycles. The minimum atomic E-state index is -0.986. The lowest BCUT2D eigenvalue weighted by molar-refractivity contribution is -0.136. The Morgan fingerprint density at radius 2 is 1.80 bits per heavy atom. The van der Waals surface area contributed by atoms with Gasteiger partial charge in [-0.3, -0.25) is 43.8 Å². The largest absolute Gasteiger partial charge is 0.491 e. The van der Waals surface area contributed by atoms with E-state index < -0.39 is 29.7 Å². The molecule has 0 spiro atoms. The molecule has 5 aliphatic rings. The Kier molecular flexibility index (Phi) is 7.95. The Balaban J connectivity index is 0.798. The topological polar surface area (TPSA) is 176 Å². The summed E-state index contributed by atoms with van der Waals surface area (Å²) in [7, 11) is 0. The van der Waals surface area contributed by atoms with E-state index in [1.54, 1.807) is 35.1 Å². The zero-order valence-electron chi connectivity index (χ0n) is 30.8. The Bertz CT molecular complexity index is 2470. The molecule has 1 unspecified atom stereocenters. The van der Waals surface area contributed by atoms with Gasteiger partial charge in [0, 0.05) is 68.3 Å². The van der Waals surface area contributed by atoms with Gasteiger partial charge in [0.2, 0.25) is 11.8 Å². The van der Waals surface area contributed by atoms with E-state index in [1.807, 2.05) is 18.2 Å². The summed E-state index contributed by atoms with van der Waals surface area (Å²) in [5.41, 5.74) is 3.62. The maximum atomic E-state index is 13.4. The molecule has 3 saturated heterocycles. The molecule has 0 radical (unpaired) electrons. The van der Waals surface area contributed by atoms with E-state index in [4.69, 9.17) is 9.84 Å². The average molecular weight is 757 g/mol. The fourth-order valence-corrected chi connectivity index (χ4v) is 8.63. The van der Waals surface area contributed by atoms with Crippen LogP contribution in [0.2, 0.25) is 0 Å². The third kappa shape index (κ3) is 5.86. The van der Waals surface area contributed by atoms with Crippen molar-refractivity contribution in [3.05, 3.63) is 77.9 Å². The summed E-state index contributed by atoms with van der Waals surface area (Å²) in [4.78, 5) is 74.2. The number of hydrogen-bond donors (Lipinski definition) is 2. The smallest absolute Gasteiger partial charge is 0.262 e. The molecule has 7 heterocycles. The van der Waals surface area contributed by atoms with E-state index in [-0.39, 0.29) is 35.9 Å². The highest BCUT2D eigenvalue weighted by Crippen LogP contribution is 2.39. The van der Waals surface area contributed by atoms with E-state index in [1.165, 1.54) is 6.20 Å². The van der Waals surface area contributed by atoms with Gasteiger partial charge in [-0.05, 0) is 75.3 Å². The van der Waals surface area contributed by atoms with Crippen molar-refractivity contribution < 1.29 is 28.7 Å². The van der Waals surface area contributed by atoms with Gasteiger partial charge in [0.15, 0.2) is 5.65 Å². The van der Waals surface area contributed by atoms with Gasteiger partial charge in [-0.15, -0.1) is 0 Å². The van der Waals surface area contributed by atoms with Gasteiger partial charge in [-0.25, -0.2) is 9.50 Å². The third-order valence-corrected chi connectivity index (χ3v) is 12.0. The molecule has 0 bridgehead atoms. The number of likely N-dealkylation sites (tertiary alicyclic amines) is 1. The summed E-state index contributed by atoms with van der Waals surface area (Å²) >= 11 is 0. The highest BCUT2D eigenvalue weighted by atomic mass is 16.5. The van der Waals surface area contributed by atoms with Crippen molar-refractivity contribution in [2.75, 3.05) is 43.0 Å². The fraction of sp³-hybridized carbons (Fsp3) is 0.400. The monoisotopic (exact) mass is 756 g/mol. The van der Waals surface area contributed by atoms with E-state index in [0.717, 1.165) is 73.4 Å². The second-order valence-electron chi connectivity index (χ2n) is 15.9. The molecule has 3 aromatic heterocycles. The van der Waals surface area contributed by atoms with E-state index in [0.29, 0.717) is 40.7 Å². The average Bonchev–Trinajstić information content (AvgIpc) is 3.68. The summed E-state index contributed by atoms with van der Waals surface area (Å²) in [6.07, 6.45) is 11.3. The highest BCUT2D eigenvalue weighted by molar-refractivity contribution is 6.23. The van der Waals surface area contributed by atoms with Crippen LogP contribution in [0.3, 0.4) is 0 Å². The van der Waals surface area contributed by atoms with Crippen LogP contribution in [0.1, 0.15) is 82.6 Å². The first kappa shape index (κ1) is 34.3. The Labute approximate surface area is 320 Å². The Hall–Kier alpha value is -6.16. The number of hydrogen-bond acceptors (Lipinski definition) is 11. The molecule has 2 N–H and O–H groups in total.